The molecule has 0 spiro atoms. The minimum atomic E-state index is 0.162. The number of hydrogen-bond donors (Lipinski definition) is 0. The van der Waals surface area contributed by atoms with Gasteiger partial charge in [-0.05, 0) is 39.9 Å². The van der Waals surface area contributed by atoms with Gasteiger partial charge in [0.05, 0.1) is 0 Å². The van der Waals surface area contributed by atoms with Gasteiger partial charge < -0.3 is 0 Å². The van der Waals surface area contributed by atoms with E-state index in [-0.39, 0.29) is 16.6 Å². The van der Waals surface area contributed by atoms with Gasteiger partial charge in [-0.1, -0.05) is 84.0 Å². The van der Waals surface area contributed by atoms with E-state index in [1.165, 1.54) is 5.56 Å². The van der Waals surface area contributed by atoms with E-state index in [9.17, 15) is 4.79 Å². The van der Waals surface area contributed by atoms with Gasteiger partial charge in [0, 0.05) is 11.1 Å². The van der Waals surface area contributed by atoms with Gasteiger partial charge in [-0.2, -0.15) is 0 Å². The maximum Gasteiger partial charge on any atom is 0.194 e. The van der Waals surface area contributed by atoms with Gasteiger partial charge in [0.15, 0.2) is 5.78 Å². The third kappa shape index (κ3) is 3.05. The van der Waals surface area contributed by atoms with Gasteiger partial charge in [0.1, 0.15) is 0 Å². The molecule has 2 aromatic rings. The Bertz CT molecular complexity index is 784. The van der Waals surface area contributed by atoms with Crippen molar-refractivity contribution >= 4 is 5.78 Å². The van der Waals surface area contributed by atoms with Crippen molar-refractivity contribution in [3.63, 3.8) is 0 Å². The molecule has 0 saturated heterocycles. The molecule has 1 aliphatic rings. The average Bonchev–Trinajstić information content (AvgIpc) is 2.76. The minimum Gasteiger partial charge on any atom is -0.289 e. The highest BCUT2D eigenvalue weighted by Crippen LogP contribution is 2.45. The van der Waals surface area contributed by atoms with Crippen LogP contribution >= 0.6 is 0 Å². The highest BCUT2D eigenvalue weighted by molar-refractivity contribution is 6.21. The Kier molecular flexibility index (Phi) is 3.94. The molecule has 0 N–H and O–H groups in total. The van der Waals surface area contributed by atoms with Crippen molar-refractivity contribution < 1.29 is 4.79 Å². The van der Waals surface area contributed by atoms with Crippen molar-refractivity contribution in [2.75, 3.05) is 0 Å². The fourth-order valence-corrected chi connectivity index (χ4v) is 3.80. The lowest BCUT2D eigenvalue weighted by Crippen LogP contribution is -2.24. The molecule has 0 saturated carbocycles. The second kappa shape index (κ2) is 5.58. The molecule has 126 valence electrons. The molecule has 0 aromatic heterocycles. The smallest absolute Gasteiger partial charge is 0.194 e. The van der Waals surface area contributed by atoms with Crippen LogP contribution in [0.2, 0.25) is 0 Å². The summed E-state index contributed by atoms with van der Waals surface area (Å²) in [5, 5.41) is 0. The molecule has 0 radical (unpaired) electrons. The Balaban J connectivity index is 2.10. The van der Waals surface area contributed by atoms with Gasteiger partial charge in [-0.15, -0.1) is 0 Å². The SMILES string of the molecule is CC(C)(C)CC(c1ccc2c(c1)-c1ccccc1C2=O)C(C)(C)C. The van der Waals surface area contributed by atoms with E-state index < -0.39 is 0 Å². The van der Waals surface area contributed by atoms with Crippen molar-refractivity contribution in [3.8, 4) is 11.1 Å². The summed E-state index contributed by atoms with van der Waals surface area (Å²) >= 11 is 0. The van der Waals surface area contributed by atoms with Crippen molar-refractivity contribution in [2.24, 2.45) is 10.8 Å². The first-order chi connectivity index (χ1) is 11.1. The van der Waals surface area contributed by atoms with Crippen molar-refractivity contribution in [1.29, 1.82) is 0 Å². The van der Waals surface area contributed by atoms with Gasteiger partial charge in [0.2, 0.25) is 0 Å². The molecule has 0 amide bonds. The van der Waals surface area contributed by atoms with Crippen LogP contribution in [0.5, 0.6) is 0 Å². The molecule has 3 rings (SSSR count). The van der Waals surface area contributed by atoms with E-state index in [1.807, 2.05) is 24.3 Å². The number of hydrogen-bond acceptors (Lipinski definition) is 1. The third-order valence-corrected chi connectivity index (χ3v) is 5.01. The Morgan fingerprint density at radius 3 is 1.96 bits per heavy atom. The third-order valence-electron chi connectivity index (χ3n) is 5.01. The fourth-order valence-electron chi connectivity index (χ4n) is 3.80. The maximum atomic E-state index is 12.6. The van der Waals surface area contributed by atoms with Crippen molar-refractivity contribution in [3.05, 3.63) is 59.2 Å². The Labute approximate surface area is 146 Å². The summed E-state index contributed by atoms with van der Waals surface area (Å²) in [5.41, 5.74) is 5.68. The van der Waals surface area contributed by atoms with Crippen molar-refractivity contribution in [1.82, 2.24) is 0 Å². The number of carbonyl (C=O) groups is 1. The van der Waals surface area contributed by atoms with Gasteiger partial charge >= 0.3 is 0 Å². The highest BCUT2D eigenvalue weighted by Gasteiger charge is 2.32. The lowest BCUT2D eigenvalue weighted by atomic mass is 9.69. The molecule has 1 unspecified atom stereocenters. The van der Waals surface area contributed by atoms with Crippen molar-refractivity contribution in [2.45, 2.75) is 53.9 Å². The van der Waals surface area contributed by atoms with Crippen LogP contribution in [0.25, 0.3) is 11.1 Å². The summed E-state index contributed by atoms with van der Waals surface area (Å²) < 4.78 is 0. The summed E-state index contributed by atoms with van der Waals surface area (Å²) in [4.78, 5) is 12.6. The van der Waals surface area contributed by atoms with Crippen LogP contribution in [0.1, 0.15) is 75.4 Å². The largest absolute Gasteiger partial charge is 0.289 e. The van der Waals surface area contributed by atoms with Gasteiger partial charge in [0.25, 0.3) is 0 Å². The molecule has 0 heterocycles. The molecule has 2 aromatic carbocycles. The standard InChI is InChI=1S/C23H28O/c1-22(2,3)14-20(23(4,5)6)15-11-12-18-19(13-15)16-9-7-8-10-17(16)21(18)24/h7-13,20H,14H2,1-6H3. The Morgan fingerprint density at radius 2 is 1.38 bits per heavy atom. The Hall–Kier alpha value is -1.89. The number of carbonyl (C=O) groups excluding carboxylic acids is 1. The summed E-state index contributed by atoms with van der Waals surface area (Å²) in [6.07, 6.45) is 1.13. The molecular formula is C23H28O. The van der Waals surface area contributed by atoms with E-state index in [4.69, 9.17) is 0 Å². The van der Waals surface area contributed by atoms with Gasteiger partial charge in [-0.25, -0.2) is 0 Å². The number of ketones is 1. The van der Waals surface area contributed by atoms with E-state index in [1.54, 1.807) is 0 Å². The van der Waals surface area contributed by atoms with E-state index in [0.717, 1.165) is 28.7 Å². The van der Waals surface area contributed by atoms with Crippen LogP contribution in [-0.2, 0) is 0 Å². The lowest BCUT2D eigenvalue weighted by molar-refractivity contribution is 0.104. The van der Waals surface area contributed by atoms with Crippen LogP contribution in [-0.4, -0.2) is 5.78 Å². The van der Waals surface area contributed by atoms with Crippen LogP contribution in [0.4, 0.5) is 0 Å². The summed E-state index contributed by atoms with van der Waals surface area (Å²) in [7, 11) is 0. The molecule has 1 atom stereocenters. The second-order valence-corrected chi connectivity index (χ2v) is 9.36. The average molecular weight is 320 g/mol. The summed E-state index contributed by atoms with van der Waals surface area (Å²) in [6.45, 7) is 13.9. The number of fused-ring (bicyclic) bond motifs is 3. The van der Waals surface area contributed by atoms with Crippen LogP contribution < -0.4 is 0 Å². The first-order valence-electron chi connectivity index (χ1n) is 8.86. The van der Waals surface area contributed by atoms with Crippen LogP contribution in [0, 0.1) is 10.8 Å². The zero-order valence-electron chi connectivity index (χ0n) is 15.7. The molecular weight excluding hydrogens is 292 g/mol. The van der Waals surface area contributed by atoms with Crippen LogP contribution in [0.15, 0.2) is 42.5 Å². The van der Waals surface area contributed by atoms with E-state index in [2.05, 4.69) is 59.7 Å². The Morgan fingerprint density at radius 1 is 0.792 bits per heavy atom. The van der Waals surface area contributed by atoms with E-state index >= 15 is 0 Å². The highest BCUT2D eigenvalue weighted by atomic mass is 16.1. The first-order valence-corrected chi connectivity index (χ1v) is 8.86. The molecule has 0 aliphatic heterocycles. The monoisotopic (exact) mass is 320 g/mol. The fraction of sp³-hybridized carbons (Fsp3) is 0.435. The number of rotatable bonds is 2. The quantitative estimate of drug-likeness (QED) is 0.529. The predicted octanol–water partition coefficient (Wildman–Crippen LogP) is 6.46. The zero-order valence-corrected chi connectivity index (χ0v) is 15.7. The zero-order chi connectivity index (χ0) is 17.7. The first kappa shape index (κ1) is 17.0. The minimum absolute atomic E-state index is 0.162. The molecule has 1 heteroatoms. The molecule has 0 fully saturated rings. The van der Waals surface area contributed by atoms with E-state index in [0.29, 0.717) is 5.92 Å². The van der Waals surface area contributed by atoms with Gasteiger partial charge in [-0.3, -0.25) is 4.79 Å². The normalized spacial score (nSPS) is 15.2. The molecule has 0 bridgehead atoms. The predicted molar refractivity (Wildman–Crippen MR) is 102 cm³/mol. The summed E-state index contributed by atoms with van der Waals surface area (Å²) in [5.74, 6) is 0.626. The second-order valence-electron chi connectivity index (χ2n) is 9.36. The maximum absolute atomic E-state index is 12.6. The topological polar surface area (TPSA) is 17.1 Å². The molecule has 1 nitrogen and oxygen atoms in total. The van der Waals surface area contributed by atoms with Crippen LogP contribution in [0.3, 0.4) is 0 Å². The lowest BCUT2D eigenvalue weighted by Gasteiger charge is -2.36. The molecule has 1 aliphatic carbocycles. The molecule has 24 heavy (non-hydrogen) atoms. The summed E-state index contributed by atoms with van der Waals surface area (Å²) in [6, 6.07) is 14.4. The number of benzene rings is 2.